The van der Waals surface area contributed by atoms with Gasteiger partial charge in [-0.25, -0.2) is 9.97 Å². The van der Waals surface area contributed by atoms with Crippen LogP contribution in [0.15, 0.2) is 30.6 Å². The van der Waals surface area contributed by atoms with Gasteiger partial charge in [-0.3, -0.25) is 10.1 Å². The van der Waals surface area contributed by atoms with Gasteiger partial charge in [0.1, 0.15) is 6.33 Å². The second-order valence-corrected chi connectivity index (χ2v) is 5.20. The molecule has 114 valence electrons. The summed E-state index contributed by atoms with van der Waals surface area (Å²) in [6, 6.07) is 6.21. The first-order chi connectivity index (χ1) is 10.6. The third-order valence-corrected chi connectivity index (χ3v) is 3.68. The Hall–Kier alpha value is -2.61. The highest BCUT2D eigenvalue weighted by Crippen LogP contribution is 2.20. The molecule has 1 aromatic heterocycles. The summed E-state index contributed by atoms with van der Waals surface area (Å²) in [6.07, 6.45) is 1.48. The molecular weight excluding hydrogens is 284 g/mol. The van der Waals surface area contributed by atoms with Crippen LogP contribution in [0.2, 0.25) is 0 Å². The number of non-ortho nitro benzene ring substituents is 1. The van der Waals surface area contributed by atoms with E-state index in [9.17, 15) is 10.1 Å². The zero-order valence-corrected chi connectivity index (χ0v) is 12.2. The van der Waals surface area contributed by atoms with E-state index in [0.717, 1.165) is 31.7 Å². The van der Waals surface area contributed by atoms with Crippen molar-refractivity contribution in [3.8, 4) is 11.4 Å². The summed E-state index contributed by atoms with van der Waals surface area (Å²) in [4.78, 5) is 27.5. The topological polar surface area (TPSA) is 88.3 Å². The molecular formula is C14H16N6O2. The van der Waals surface area contributed by atoms with Crippen LogP contribution < -0.4 is 4.90 Å². The first-order valence-corrected chi connectivity index (χ1v) is 7.01. The Labute approximate surface area is 127 Å². The third-order valence-electron chi connectivity index (χ3n) is 3.68. The van der Waals surface area contributed by atoms with Crippen molar-refractivity contribution in [3.05, 3.63) is 40.7 Å². The Kier molecular flexibility index (Phi) is 3.92. The lowest BCUT2D eigenvalue weighted by molar-refractivity contribution is -0.384. The molecule has 2 heterocycles. The van der Waals surface area contributed by atoms with E-state index in [1.54, 1.807) is 12.1 Å². The van der Waals surface area contributed by atoms with Gasteiger partial charge in [-0.1, -0.05) is 0 Å². The molecule has 2 aromatic rings. The zero-order chi connectivity index (χ0) is 15.5. The van der Waals surface area contributed by atoms with Gasteiger partial charge in [0.05, 0.1) is 4.92 Å². The first kappa shape index (κ1) is 14.3. The molecule has 8 nitrogen and oxygen atoms in total. The Morgan fingerprint density at radius 1 is 1.09 bits per heavy atom. The van der Waals surface area contributed by atoms with E-state index in [1.165, 1.54) is 18.5 Å². The van der Waals surface area contributed by atoms with Crippen LogP contribution in [0, 0.1) is 10.1 Å². The van der Waals surface area contributed by atoms with Crippen molar-refractivity contribution in [2.45, 2.75) is 0 Å². The fourth-order valence-corrected chi connectivity index (χ4v) is 2.32. The standard InChI is InChI=1S/C14H16N6O2/c1-18-6-8-19(9-7-18)14-16-10-15-13(17-14)11-2-4-12(5-3-11)20(21)22/h2-5,10H,6-9H2,1H3. The van der Waals surface area contributed by atoms with E-state index < -0.39 is 4.92 Å². The van der Waals surface area contributed by atoms with Crippen LogP contribution in [-0.4, -0.2) is 58.0 Å². The number of nitrogens with zero attached hydrogens (tertiary/aromatic N) is 6. The Balaban J connectivity index is 1.83. The van der Waals surface area contributed by atoms with Gasteiger partial charge in [-0.2, -0.15) is 4.98 Å². The second kappa shape index (κ2) is 6.02. The van der Waals surface area contributed by atoms with Gasteiger partial charge >= 0.3 is 0 Å². The molecule has 0 unspecified atom stereocenters. The molecule has 0 N–H and O–H groups in total. The zero-order valence-electron chi connectivity index (χ0n) is 12.2. The van der Waals surface area contributed by atoms with E-state index in [2.05, 4.69) is 31.8 Å². The highest BCUT2D eigenvalue weighted by Gasteiger charge is 2.17. The van der Waals surface area contributed by atoms with Gasteiger partial charge in [0, 0.05) is 43.9 Å². The highest BCUT2D eigenvalue weighted by atomic mass is 16.6. The maximum atomic E-state index is 10.7. The summed E-state index contributed by atoms with van der Waals surface area (Å²) in [5, 5.41) is 10.7. The lowest BCUT2D eigenvalue weighted by atomic mass is 10.2. The molecule has 1 aromatic carbocycles. The maximum Gasteiger partial charge on any atom is 0.269 e. The summed E-state index contributed by atoms with van der Waals surface area (Å²) >= 11 is 0. The molecule has 0 spiro atoms. The van der Waals surface area contributed by atoms with Crippen LogP contribution >= 0.6 is 0 Å². The first-order valence-electron chi connectivity index (χ1n) is 7.01. The molecule has 0 radical (unpaired) electrons. The largest absolute Gasteiger partial charge is 0.338 e. The number of hydrogen-bond donors (Lipinski definition) is 0. The molecule has 0 atom stereocenters. The van der Waals surface area contributed by atoms with Crippen molar-refractivity contribution < 1.29 is 4.92 Å². The number of nitro groups is 1. The van der Waals surface area contributed by atoms with Crippen LogP contribution in [0.5, 0.6) is 0 Å². The number of benzene rings is 1. The minimum Gasteiger partial charge on any atom is -0.338 e. The number of piperazine rings is 1. The normalized spacial score (nSPS) is 15.8. The van der Waals surface area contributed by atoms with E-state index in [1.807, 2.05) is 0 Å². The lowest BCUT2D eigenvalue weighted by Crippen LogP contribution is -2.45. The number of anilines is 1. The average Bonchev–Trinajstić information content (AvgIpc) is 2.56. The predicted octanol–water partition coefficient (Wildman–Crippen LogP) is 1.20. The molecule has 0 aliphatic carbocycles. The number of nitro benzene ring substituents is 1. The van der Waals surface area contributed by atoms with E-state index in [0.29, 0.717) is 11.8 Å². The summed E-state index contributed by atoms with van der Waals surface area (Å²) in [7, 11) is 2.09. The lowest BCUT2D eigenvalue weighted by Gasteiger charge is -2.32. The van der Waals surface area contributed by atoms with E-state index in [4.69, 9.17) is 0 Å². The van der Waals surface area contributed by atoms with Gasteiger partial charge in [0.15, 0.2) is 5.82 Å². The summed E-state index contributed by atoms with van der Waals surface area (Å²) < 4.78 is 0. The Morgan fingerprint density at radius 3 is 2.41 bits per heavy atom. The van der Waals surface area contributed by atoms with E-state index >= 15 is 0 Å². The molecule has 1 fully saturated rings. The number of hydrogen-bond acceptors (Lipinski definition) is 7. The Morgan fingerprint density at radius 2 is 1.77 bits per heavy atom. The molecule has 0 bridgehead atoms. The molecule has 0 amide bonds. The SMILES string of the molecule is CN1CCN(c2ncnc(-c3ccc([N+](=O)[O-])cc3)n2)CC1. The highest BCUT2D eigenvalue weighted by molar-refractivity contribution is 5.58. The molecule has 3 rings (SSSR count). The van der Waals surface area contributed by atoms with Gasteiger partial charge in [-0.05, 0) is 19.2 Å². The van der Waals surface area contributed by atoms with Gasteiger partial charge < -0.3 is 9.80 Å². The molecule has 0 saturated carbocycles. The predicted molar refractivity (Wildman–Crippen MR) is 81.6 cm³/mol. The van der Waals surface area contributed by atoms with Crippen LogP contribution in [0.4, 0.5) is 11.6 Å². The minimum absolute atomic E-state index is 0.0529. The van der Waals surface area contributed by atoms with Crippen LogP contribution in [0.3, 0.4) is 0 Å². The smallest absolute Gasteiger partial charge is 0.269 e. The van der Waals surface area contributed by atoms with Crippen LogP contribution in [0.25, 0.3) is 11.4 Å². The van der Waals surface area contributed by atoms with Crippen molar-refractivity contribution in [3.63, 3.8) is 0 Å². The van der Waals surface area contributed by atoms with Crippen molar-refractivity contribution >= 4 is 11.6 Å². The Bertz CT molecular complexity index is 667. The molecule has 8 heteroatoms. The van der Waals surface area contributed by atoms with Crippen LogP contribution in [-0.2, 0) is 0 Å². The fraction of sp³-hybridized carbons (Fsp3) is 0.357. The monoisotopic (exact) mass is 300 g/mol. The van der Waals surface area contributed by atoms with Crippen molar-refractivity contribution in [1.82, 2.24) is 19.9 Å². The van der Waals surface area contributed by atoms with Crippen molar-refractivity contribution in [2.24, 2.45) is 0 Å². The molecule has 1 aliphatic heterocycles. The second-order valence-electron chi connectivity index (χ2n) is 5.20. The summed E-state index contributed by atoms with van der Waals surface area (Å²) in [5.74, 6) is 1.18. The number of rotatable bonds is 3. The number of likely N-dealkylation sites (N-methyl/N-ethyl adjacent to an activating group) is 1. The van der Waals surface area contributed by atoms with E-state index in [-0.39, 0.29) is 5.69 Å². The fourth-order valence-electron chi connectivity index (χ4n) is 2.32. The van der Waals surface area contributed by atoms with Gasteiger partial charge in [-0.15, -0.1) is 0 Å². The maximum absolute atomic E-state index is 10.7. The number of aromatic nitrogens is 3. The third kappa shape index (κ3) is 3.01. The summed E-state index contributed by atoms with van der Waals surface area (Å²) in [5.41, 5.74) is 0.792. The molecule has 22 heavy (non-hydrogen) atoms. The summed E-state index contributed by atoms with van der Waals surface area (Å²) in [6.45, 7) is 3.69. The molecule has 1 aliphatic rings. The average molecular weight is 300 g/mol. The van der Waals surface area contributed by atoms with Crippen LogP contribution in [0.1, 0.15) is 0 Å². The van der Waals surface area contributed by atoms with Crippen molar-refractivity contribution in [2.75, 3.05) is 38.1 Å². The van der Waals surface area contributed by atoms with Gasteiger partial charge in [0.25, 0.3) is 5.69 Å². The molecule has 1 saturated heterocycles. The quantitative estimate of drug-likeness (QED) is 0.621. The van der Waals surface area contributed by atoms with Crippen molar-refractivity contribution in [1.29, 1.82) is 0 Å². The van der Waals surface area contributed by atoms with Gasteiger partial charge in [0.2, 0.25) is 5.95 Å². The minimum atomic E-state index is -0.424.